The highest BCUT2D eigenvalue weighted by molar-refractivity contribution is 6.30. The fourth-order valence-corrected chi connectivity index (χ4v) is 1.97. The number of ketones is 1. The number of hydrogen-bond donors (Lipinski definition) is 3. The third-order valence-corrected chi connectivity index (χ3v) is 3.15. The first-order chi connectivity index (χ1) is 9.25. The lowest BCUT2D eigenvalue weighted by atomic mass is 9.91. The highest BCUT2D eigenvalue weighted by Crippen LogP contribution is 2.38. The maximum absolute atomic E-state index is 13.1. The summed E-state index contributed by atoms with van der Waals surface area (Å²) in [7, 11) is 0. The number of rotatable bonds is 2. The second-order valence-electron chi connectivity index (χ2n) is 4.20. The van der Waals surface area contributed by atoms with Crippen molar-refractivity contribution in [3.63, 3.8) is 0 Å². The number of ether oxygens (including phenoxy) is 1. The predicted molar refractivity (Wildman–Crippen MR) is 65.7 cm³/mol. The van der Waals surface area contributed by atoms with Gasteiger partial charge in [-0.15, -0.1) is 0 Å². The number of Topliss-reactive ketones (excluding diaryl/α,β-unsaturated/α-hetero) is 1. The zero-order valence-corrected chi connectivity index (χ0v) is 10.9. The van der Waals surface area contributed by atoms with Crippen molar-refractivity contribution in [1.29, 1.82) is 0 Å². The van der Waals surface area contributed by atoms with Crippen molar-refractivity contribution in [1.82, 2.24) is 5.32 Å². The van der Waals surface area contributed by atoms with Gasteiger partial charge in [-0.3, -0.25) is 10.1 Å². The Morgan fingerprint density at radius 2 is 2.15 bits per heavy atom. The van der Waals surface area contributed by atoms with E-state index in [1.807, 2.05) is 0 Å². The average molecular weight is 302 g/mol. The fraction of sp³-hybridized carbons (Fsp3) is 0.167. The summed E-state index contributed by atoms with van der Waals surface area (Å²) >= 11 is 5.63. The third kappa shape index (κ3) is 2.16. The van der Waals surface area contributed by atoms with Crippen molar-refractivity contribution < 1.29 is 28.9 Å². The van der Waals surface area contributed by atoms with Crippen LogP contribution in [0.25, 0.3) is 0 Å². The molecule has 1 aromatic rings. The molecule has 1 amide bonds. The molecule has 8 heteroatoms. The molecule has 0 saturated heterocycles. The average Bonchev–Trinajstić information content (AvgIpc) is 2.58. The van der Waals surface area contributed by atoms with Crippen LogP contribution in [0.15, 0.2) is 29.8 Å². The van der Waals surface area contributed by atoms with Crippen LogP contribution in [-0.2, 0) is 15.1 Å². The molecule has 1 unspecified atom stereocenters. The van der Waals surface area contributed by atoms with Gasteiger partial charge in [0.2, 0.25) is 11.6 Å². The fourth-order valence-electron chi connectivity index (χ4n) is 1.79. The van der Waals surface area contributed by atoms with E-state index in [0.717, 1.165) is 6.07 Å². The van der Waals surface area contributed by atoms with Crippen LogP contribution in [0.1, 0.15) is 12.5 Å². The smallest absolute Gasteiger partial charge is 0.411 e. The lowest BCUT2D eigenvalue weighted by Gasteiger charge is -2.23. The standard InChI is InChI=1S/C12H9ClFNO5/c1-12(5-2-3-7(14)6(13)4-5)9(17)8(16)10(20-12)15-11(18)19/h2-4,15-16H,1H3,(H,18,19). The predicted octanol–water partition coefficient (Wildman–Crippen LogP) is 2.29. The molecule has 0 aromatic heterocycles. The summed E-state index contributed by atoms with van der Waals surface area (Å²) in [5.41, 5.74) is -1.50. The third-order valence-electron chi connectivity index (χ3n) is 2.86. The van der Waals surface area contributed by atoms with E-state index in [9.17, 15) is 19.1 Å². The van der Waals surface area contributed by atoms with Crippen LogP contribution in [0.2, 0.25) is 5.02 Å². The van der Waals surface area contributed by atoms with Crippen LogP contribution in [0, 0.1) is 5.82 Å². The molecule has 0 spiro atoms. The van der Waals surface area contributed by atoms with Gasteiger partial charge in [-0.2, -0.15) is 0 Å². The first-order valence-electron chi connectivity index (χ1n) is 5.38. The van der Waals surface area contributed by atoms with Crippen LogP contribution in [-0.4, -0.2) is 22.1 Å². The number of carboxylic acid groups (broad SMARTS) is 1. The molecule has 1 atom stereocenters. The zero-order chi connectivity index (χ0) is 15.1. The van der Waals surface area contributed by atoms with E-state index < -0.39 is 34.9 Å². The lowest BCUT2D eigenvalue weighted by molar-refractivity contribution is -0.131. The Morgan fingerprint density at radius 1 is 1.50 bits per heavy atom. The lowest BCUT2D eigenvalue weighted by Crippen LogP contribution is -2.32. The molecule has 1 aliphatic heterocycles. The minimum Gasteiger partial charge on any atom is -0.501 e. The van der Waals surface area contributed by atoms with Crippen LogP contribution in [0.5, 0.6) is 0 Å². The second kappa shape index (κ2) is 4.68. The Labute approximate surface area is 117 Å². The molecule has 1 heterocycles. The summed E-state index contributed by atoms with van der Waals surface area (Å²) in [6.45, 7) is 1.31. The zero-order valence-electron chi connectivity index (χ0n) is 10.1. The Kier molecular flexibility index (Phi) is 3.31. The van der Waals surface area contributed by atoms with Crippen LogP contribution < -0.4 is 5.32 Å². The van der Waals surface area contributed by atoms with Gasteiger partial charge in [0, 0.05) is 5.56 Å². The van der Waals surface area contributed by atoms with Gasteiger partial charge in [0.05, 0.1) is 5.02 Å². The number of nitrogens with one attached hydrogen (secondary N) is 1. The van der Waals surface area contributed by atoms with E-state index in [0.29, 0.717) is 0 Å². The Morgan fingerprint density at radius 3 is 2.70 bits per heavy atom. The first kappa shape index (κ1) is 14.1. The number of amides is 1. The molecule has 0 saturated carbocycles. The summed E-state index contributed by atoms with van der Waals surface area (Å²) in [5, 5.41) is 19.7. The molecule has 0 aliphatic carbocycles. The summed E-state index contributed by atoms with van der Waals surface area (Å²) in [6, 6.07) is 3.47. The van der Waals surface area contributed by atoms with Crippen LogP contribution in [0.3, 0.4) is 0 Å². The quantitative estimate of drug-likeness (QED) is 0.779. The minimum absolute atomic E-state index is 0.183. The maximum Gasteiger partial charge on any atom is 0.411 e. The van der Waals surface area contributed by atoms with Gasteiger partial charge in [0.15, 0.2) is 5.60 Å². The van der Waals surface area contributed by atoms with E-state index in [2.05, 4.69) is 0 Å². The molecule has 0 fully saturated rings. The highest BCUT2D eigenvalue weighted by atomic mass is 35.5. The molecule has 1 aliphatic rings. The normalized spacial score (nSPS) is 21.9. The molecule has 106 valence electrons. The van der Waals surface area contributed by atoms with Crippen molar-refractivity contribution in [3.8, 4) is 0 Å². The van der Waals surface area contributed by atoms with Crippen LogP contribution >= 0.6 is 11.6 Å². The molecule has 3 N–H and O–H groups in total. The maximum atomic E-state index is 13.1. The Balaban J connectivity index is 2.40. The first-order valence-corrected chi connectivity index (χ1v) is 5.76. The highest BCUT2D eigenvalue weighted by Gasteiger charge is 2.48. The van der Waals surface area contributed by atoms with Gasteiger partial charge in [-0.05, 0) is 19.1 Å². The number of halogens is 2. The van der Waals surface area contributed by atoms with Gasteiger partial charge in [-0.25, -0.2) is 9.18 Å². The minimum atomic E-state index is -1.68. The summed E-state index contributed by atoms with van der Waals surface area (Å²) in [6.07, 6.45) is -1.50. The van der Waals surface area contributed by atoms with Gasteiger partial charge in [0.1, 0.15) is 5.82 Å². The topological polar surface area (TPSA) is 95.9 Å². The SMILES string of the molecule is CC1(c2ccc(F)c(Cl)c2)OC(NC(=O)O)=C(O)C1=O. The van der Waals surface area contributed by atoms with E-state index in [1.54, 1.807) is 5.32 Å². The van der Waals surface area contributed by atoms with Crippen molar-refractivity contribution in [2.75, 3.05) is 0 Å². The molecule has 20 heavy (non-hydrogen) atoms. The number of carbonyl (C=O) groups excluding carboxylic acids is 1. The second-order valence-corrected chi connectivity index (χ2v) is 4.61. The number of aliphatic hydroxyl groups is 1. The van der Waals surface area contributed by atoms with Gasteiger partial charge >= 0.3 is 6.09 Å². The van der Waals surface area contributed by atoms with Crippen LogP contribution in [0.4, 0.5) is 9.18 Å². The number of aliphatic hydroxyl groups excluding tert-OH is 1. The molecular formula is C12H9ClFNO5. The number of benzene rings is 1. The summed E-state index contributed by atoms with van der Waals surface area (Å²) in [5.74, 6) is -2.96. The summed E-state index contributed by atoms with van der Waals surface area (Å²) < 4.78 is 18.3. The molecule has 1 aromatic carbocycles. The number of hydrogen-bond acceptors (Lipinski definition) is 4. The monoisotopic (exact) mass is 301 g/mol. The molecule has 0 bridgehead atoms. The molecule has 6 nitrogen and oxygen atoms in total. The van der Waals surface area contributed by atoms with Crippen molar-refractivity contribution in [3.05, 3.63) is 46.2 Å². The van der Waals surface area contributed by atoms with E-state index in [1.165, 1.54) is 19.1 Å². The van der Waals surface area contributed by atoms with Crippen molar-refractivity contribution >= 4 is 23.5 Å². The molecule has 2 rings (SSSR count). The van der Waals surface area contributed by atoms with Gasteiger partial charge < -0.3 is 14.9 Å². The molecule has 0 radical (unpaired) electrons. The Hall–Kier alpha value is -2.28. The van der Waals surface area contributed by atoms with Gasteiger partial charge in [0.25, 0.3) is 5.78 Å². The molecular weight excluding hydrogens is 293 g/mol. The van der Waals surface area contributed by atoms with E-state index in [4.69, 9.17) is 21.4 Å². The number of carbonyl (C=O) groups is 2. The summed E-state index contributed by atoms with van der Waals surface area (Å²) in [4.78, 5) is 22.5. The van der Waals surface area contributed by atoms with Gasteiger partial charge in [-0.1, -0.05) is 17.7 Å². The van der Waals surface area contributed by atoms with E-state index in [-0.39, 0.29) is 10.6 Å². The largest absolute Gasteiger partial charge is 0.501 e. The van der Waals surface area contributed by atoms with E-state index >= 15 is 0 Å². The van der Waals surface area contributed by atoms with Crippen molar-refractivity contribution in [2.45, 2.75) is 12.5 Å². The van der Waals surface area contributed by atoms with Crippen molar-refractivity contribution in [2.24, 2.45) is 0 Å². The Bertz CT molecular complexity index is 645.